The molecular formula is C21H23N7O6S4. The first-order valence-electron chi connectivity index (χ1n) is 11.0. The molecular weight excluding hydrogens is 575 g/mol. The number of thioether (sulfide) groups is 3. The van der Waals surface area contributed by atoms with Crippen LogP contribution in [0.25, 0.3) is 0 Å². The predicted molar refractivity (Wildman–Crippen MR) is 146 cm³/mol. The first kappa shape index (κ1) is 28.2. The molecule has 4 heterocycles. The molecule has 8 N–H and O–H groups in total. The fraction of sp³-hybridized carbons (Fsp3) is 0.333. The highest BCUT2D eigenvalue weighted by atomic mass is 32.2. The van der Waals surface area contributed by atoms with Crippen LogP contribution in [-0.2, 0) is 20.1 Å². The number of aliphatic hydroxyl groups is 1. The van der Waals surface area contributed by atoms with E-state index in [2.05, 4.69) is 20.4 Å². The van der Waals surface area contributed by atoms with Gasteiger partial charge in [0, 0.05) is 50.9 Å². The van der Waals surface area contributed by atoms with Crippen molar-refractivity contribution in [2.45, 2.75) is 28.1 Å². The van der Waals surface area contributed by atoms with E-state index < -0.39 is 34.9 Å². The van der Waals surface area contributed by atoms with Gasteiger partial charge in [-0.2, -0.15) is 11.8 Å². The summed E-state index contributed by atoms with van der Waals surface area (Å²) in [7, 11) is 0. The third kappa shape index (κ3) is 5.92. The Morgan fingerprint density at radius 1 is 1.39 bits per heavy atom. The fourth-order valence-electron chi connectivity index (χ4n) is 3.62. The van der Waals surface area contributed by atoms with Crippen molar-refractivity contribution in [3.8, 4) is 0 Å². The van der Waals surface area contributed by atoms with Crippen LogP contribution in [0.2, 0.25) is 0 Å². The number of carboxylic acid groups (broad SMARTS) is 1. The van der Waals surface area contributed by atoms with Gasteiger partial charge in [-0.05, 0) is 11.6 Å². The molecule has 4 rings (SSSR count). The molecule has 0 aliphatic carbocycles. The lowest BCUT2D eigenvalue weighted by molar-refractivity contribution is -0.150. The van der Waals surface area contributed by atoms with E-state index in [-0.39, 0.29) is 29.2 Å². The van der Waals surface area contributed by atoms with Gasteiger partial charge in [0.15, 0.2) is 10.8 Å². The number of β-lactam (4-membered cyclic amide) rings is 1. The zero-order valence-electron chi connectivity index (χ0n) is 19.5. The molecule has 2 aliphatic heterocycles. The van der Waals surface area contributed by atoms with E-state index in [1.807, 2.05) is 0 Å². The van der Waals surface area contributed by atoms with Gasteiger partial charge in [0.05, 0.1) is 6.61 Å². The zero-order chi connectivity index (χ0) is 27.4. The highest BCUT2D eigenvalue weighted by molar-refractivity contribution is 8.06. The average Bonchev–Trinajstić information content (AvgIpc) is 3.33. The fourth-order valence-corrected chi connectivity index (χ4v) is 7.80. The Hall–Kier alpha value is -2.83. The number of nitrogen functional groups attached to an aromatic ring is 1. The summed E-state index contributed by atoms with van der Waals surface area (Å²) in [6.45, 7) is -0.117. The topological polar surface area (TPSA) is 217 Å². The van der Waals surface area contributed by atoms with Crippen LogP contribution < -0.4 is 16.8 Å². The van der Waals surface area contributed by atoms with Crippen molar-refractivity contribution >= 4 is 75.2 Å². The van der Waals surface area contributed by atoms with E-state index in [9.17, 15) is 24.7 Å². The number of nitrogens with two attached hydrogens (primary N) is 2. The van der Waals surface area contributed by atoms with Gasteiger partial charge in [-0.25, -0.2) is 9.78 Å². The van der Waals surface area contributed by atoms with Crippen molar-refractivity contribution < 1.29 is 29.8 Å². The summed E-state index contributed by atoms with van der Waals surface area (Å²) >= 11 is 5.14. The van der Waals surface area contributed by atoms with Crippen molar-refractivity contribution in [3.05, 3.63) is 45.7 Å². The molecule has 1 fully saturated rings. The first-order chi connectivity index (χ1) is 18.2. The molecule has 0 bridgehead atoms. The second kappa shape index (κ2) is 12.4. The van der Waals surface area contributed by atoms with Crippen LogP contribution in [0, 0.1) is 0 Å². The Kier molecular flexibility index (Phi) is 9.16. The number of thiazole rings is 1. The molecule has 0 saturated carbocycles. The maximum Gasteiger partial charge on any atom is 0.353 e. The van der Waals surface area contributed by atoms with Crippen LogP contribution in [0.15, 0.2) is 44.5 Å². The predicted octanol–water partition coefficient (Wildman–Crippen LogP) is 0.340. The van der Waals surface area contributed by atoms with Crippen LogP contribution in [-0.4, -0.2) is 89.4 Å². The lowest BCUT2D eigenvalue weighted by Gasteiger charge is -2.49. The molecule has 0 aromatic carbocycles. The summed E-state index contributed by atoms with van der Waals surface area (Å²) in [4.78, 5) is 48.4. The lowest BCUT2D eigenvalue weighted by atomic mass is 10.0. The zero-order valence-corrected chi connectivity index (χ0v) is 22.8. The molecule has 2 aromatic heterocycles. The number of carbonyl (C=O) groups excluding carboxylic acids is 2. The molecule has 2 aliphatic rings. The number of rotatable bonds is 11. The molecule has 0 radical (unpaired) electrons. The summed E-state index contributed by atoms with van der Waals surface area (Å²) in [5.74, 6) is -1.29. The number of aromatic nitrogens is 2. The SMILES string of the molecule is Nc1nc(/C(=N/O)C(=O)N[C@@H]2C(=O)N3C(C(=O)O)=C(Sc4ccncc4CSCC(N)CO)CS[C@@H]23)cs1. The van der Waals surface area contributed by atoms with Crippen molar-refractivity contribution in [1.29, 1.82) is 0 Å². The minimum absolute atomic E-state index is 0.0573. The number of fused-ring (bicyclic) bond motifs is 1. The van der Waals surface area contributed by atoms with Crippen LogP contribution in [0.1, 0.15) is 11.3 Å². The molecule has 3 atom stereocenters. The number of pyridine rings is 1. The summed E-state index contributed by atoms with van der Waals surface area (Å²) in [5, 5.41) is 34.9. The van der Waals surface area contributed by atoms with Crippen LogP contribution >= 0.6 is 46.6 Å². The van der Waals surface area contributed by atoms with Crippen molar-refractivity contribution in [3.63, 3.8) is 0 Å². The highest BCUT2D eigenvalue weighted by Crippen LogP contribution is 2.45. The second-order valence-corrected chi connectivity index (χ2v) is 12.2. The Bertz CT molecular complexity index is 1300. The standard InChI is InChI=1S/C21H23N7O6S4/c22-10(4-29)6-35-5-9-3-24-2-1-12(9)38-13-8-36-19-15(18(31)28(19)16(13)20(32)33)26-17(30)14(27-34)11-7-37-21(23)25-11/h1-3,7,10,15,19,29,34H,4-6,8,22H2,(H2,23,25)(H,26,30)(H,32,33)/b27-14-/t10?,15-,19+/m1/s1. The number of nitrogens with zero attached hydrogens (tertiary/aromatic N) is 4. The normalized spacial score (nSPS) is 20.1. The Labute approximate surface area is 233 Å². The molecule has 0 spiro atoms. The molecule has 2 aromatic rings. The molecule has 17 heteroatoms. The summed E-state index contributed by atoms with van der Waals surface area (Å²) in [6.07, 6.45) is 3.29. The van der Waals surface area contributed by atoms with Crippen LogP contribution in [0.5, 0.6) is 0 Å². The molecule has 1 unspecified atom stereocenters. The van der Waals surface area contributed by atoms with Gasteiger partial charge in [-0.1, -0.05) is 16.9 Å². The number of nitrogens with one attached hydrogen (secondary N) is 1. The number of aliphatic hydroxyl groups excluding tert-OH is 1. The third-order valence-electron chi connectivity index (χ3n) is 5.42. The van der Waals surface area contributed by atoms with Crippen molar-refractivity contribution in [1.82, 2.24) is 20.2 Å². The van der Waals surface area contributed by atoms with E-state index in [1.54, 1.807) is 18.5 Å². The van der Waals surface area contributed by atoms with Crippen LogP contribution in [0.3, 0.4) is 0 Å². The van der Waals surface area contributed by atoms with E-state index >= 15 is 0 Å². The minimum atomic E-state index is -1.26. The van der Waals surface area contributed by atoms with Gasteiger partial charge in [0.25, 0.3) is 11.8 Å². The second-order valence-electron chi connectivity index (χ2n) is 8.00. The molecule has 13 nitrogen and oxygen atoms in total. The lowest BCUT2D eigenvalue weighted by Crippen LogP contribution is -2.71. The summed E-state index contributed by atoms with van der Waals surface area (Å²) in [6, 6.07) is 0.424. The maximum atomic E-state index is 13.0. The van der Waals surface area contributed by atoms with Gasteiger partial charge < -0.3 is 32.2 Å². The number of aliphatic carboxylic acids is 1. The first-order valence-corrected chi connectivity index (χ1v) is 14.8. The number of carboxylic acids is 1. The quantitative estimate of drug-likeness (QED) is 0.0892. The van der Waals surface area contributed by atoms with E-state index in [4.69, 9.17) is 16.6 Å². The Morgan fingerprint density at radius 2 is 2.18 bits per heavy atom. The number of amides is 2. The minimum Gasteiger partial charge on any atom is -0.477 e. The molecule has 1 saturated heterocycles. The smallest absolute Gasteiger partial charge is 0.353 e. The van der Waals surface area contributed by atoms with Gasteiger partial charge in [0.2, 0.25) is 0 Å². The Morgan fingerprint density at radius 3 is 2.84 bits per heavy atom. The van der Waals surface area contributed by atoms with Gasteiger partial charge in [-0.3, -0.25) is 19.5 Å². The Balaban J connectivity index is 1.49. The number of anilines is 1. The van der Waals surface area contributed by atoms with Gasteiger partial charge in [-0.15, -0.1) is 23.1 Å². The number of hydrogen-bond acceptors (Lipinski definition) is 14. The summed E-state index contributed by atoms with van der Waals surface area (Å²) in [5.41, 5.74) is 11.7. The van der Waals surface area contributed by atoms with Crippen molar-refractivity contribution in [2.24, 2.45) is 10.9 Å². The van der Waals surface area contributed by atoms with E-state index in [1.165, 1.54) is 40.7 Å². The number of hydrogen-bond donors (Lipinski definition) is 6. The number of carbonyl (C=O) groups is 3. The van der Waals surface area contributed by atoms with Crippen LogP contribution in [0.4, 0.5) is 5.13 Å². The van der Waals surface area contributed by atoms with Crippen molar-refractivity contribution in [2.75, 3.05) is 23.8 Å². The largest absolute Gasteiger partial charge is 0.477 e. The molecule has 2 amide bonds. The van der Waals surface area contributed by atoms with Gasteiger partial charge >= 0.3 is 5.97 Å². The highest BCUT2D eigenvalue weighted by Gasteiger charge is 2.54. The molecule has 38 heavy (non-hydrogen) atoms. The number of oxime groups is 1. The third-order valence-corrected chi connectivity index (χ3v) is 9.94. The van der Waals surface area contributed by atoms with E-state index in [0.717, 1.165) is 26.7 Å². The monoisotopic (exact) mass is 597 g/mol. The summed E-state index contributed by atoms with van der Waals surface area (Å²) < 4.78 is 0. The van der Waals surface area contributed by atoms with E-state index in [0.29, 0.717) is 22.2 Å². The van der Waals surface area contributed by atoms with Gasteiger partial charge in [0.1, 0.15) is 22.8 Å². The molecule has 202 valence electrons. The average molecular weight is 598 g/mol. The maximum absolute atomic E-state index is 13.0.